The summed E-state index contributed by atoms with van der Waals surface area (Å²) >= 11 is 0. The second-order valence-electron chi connectivity index (χ2n) is 8.15. The minimum atomic E-state index is -0.422. The van der Waals surface area contributed by atoms with Gasteiger partial charge in [0.05, 0.1) is 26.2 Å². The van der Waals surface area contributed by atoms with Crippen molar-refractivity contribution in [2.75, 3.05) is 26.1 Å². The number of methoxy groups -OCH3 is 2. The number of hydrogen-bond acceptors (Lipinski definition) is 4. The van der Waals surface area contributed by atoms with Gasteiger partial charge < -0.3 is 19.7 Å². The van der Waals surface area contributed by atoms with Crippen molar-refractivity contribution in [1.29, 1.82) is 0 Å². The van der Waals surface area contributed by atoms with Crippen LogP contribution in [0.2, 0.25) is 0 Å². The zero-order valence-electron chi connectivity index (χ0n) is 20.2. The number of hydrogen-bond donors (Lipinski definition) is 1. The molecule has 6 heteroatoms. The molecule has 1 fully saturated rings. The van der Waals surface area contributed by atoms with E-state index >= 15 is 0 Å². The Morgan fingerprint density at radius 3 is 2.53 bits per heavy atom. The largest absolute Gasteiger partial charge is 0.497 e. The monoisotopic (exact) mass is 460 g/mol. The summed E-state index contributed by atoms with van der Waals surface area (Å²) in [6, 6.07) is 13.0. The number of benzene rings is 2. The number of nitrogens with zero attached hydrogens (tertiary/aromatic N) is 1. The van der Waals surface area contributed by atoms with E-state index in [0.717, 1.165) is 22.4 Å². The lowest BCUT2D eigenvalue weighted by molar-refractivity contribution is -0.129. The molecule has 1 saturated heterocycles. The number of ether oxygens (including phenoxy) is 2. The Morgan fingerprint density at radius 2 is 1.91 bits per heavy atom. The lowest BCUT2D eigenvalue weighted by Crippen LogP contribution is -2.36. The van der Waals surface area contributed by atoms with Gasteiger partial charge in [0, 0.05) is 24.2 Å². The molecule has 2 unspecified atom stereocenters. The highest BCUT2D eigenvalue weighted by atomic mass is 16.5. The number of likely N-dealkylation sites (tertiary alicyclic amines) is 1. The molecular weight excluding hydrogens is 428 g/mol. The van der Waals surface area contributed by atoms with Crippen LogP contribution in [0.1, 0.15) is 20.3 Å². The first-order chi connectivity index (χ1) is 16.4. The van der Waals surface area contributed by atoms with Gasteiger partial charge in [0.2, 0.25) is 11.8 Å². The maximum atomic E-state index is 13.0. The summed E-state index contributed by atoms with van der Waals surface area (Å²) in [4.78, 5) is 27.5. The van der Waals surface area contributed by atoms with E-state index in [-0.39, 0.29) is 24.3 Å². The van der Waals surface area contributed by atoms with Gasteiger partial charge in [-0.2, -0.15) is 0 Å². The molecule has 0 aliphatic carbocycles. The first-order valence-corrected chi connectivity index (χ1v) is 11.3. The summed E-state index contributed by atoms with van der Waals surface area (Å²) in [5.74, 6) is 0.830. The van der Waals surface area contributed by atoms with Gasteiger partial charge >= 0.3 is 0 Å². The molecule has 0 spiro atoms. The summed E-state index contributed by atoms with van der Waals surface area (Å²) in [7, 11) is 3.24. The van der Waals surface area contributed by atoms with Crippen molar-refractivity contribution in [2.45, 2.75) is 26.3 Å². The maximum absolute atomic E-state index is 13.0. The maximum Gasteiger partial charge on any atom is 0.229 e. The molecule has 178 valence electrons. The third kappa shape index (κ3) is 5.57. The van der Waals surface area contributed by atoms with Crippen LogP contribution in [0.5, 0.6) is 11.5 Å². The number of nitrogens with one attached hydrogen (secondary N) is 1. The number of anilines is 1. The topological polar surface area (TPSA) is 67.9 Å². The minimum absolute atomic E-state index is 0.0328. The number of carbonyl (C=O) groups excluding carboxylic acids is 2. The highest BCUT2D eigenvalue weighted by molar-refractivity contribution is 5.98. The van der Waals surface area contributed by atoms with Crippen molar-refractivity contribution in [3.8, 4) is 22.6 Å². The molecule has 34 heavy (non-hydrogen) atoms. The Bertz CT molecular complexity index is 1100. The van der Waals surface area contributed by atoms with Crippen molar-refractivity contribution in [2.24, 2.45) is 5.92 Å². The lowest BCUT2D eigenvalue weighted by atomic mass is 10.0. The van der Waals surface area contributed by atoms with Gasteiger partial charge in [-0.15, -0.1) is 0 Å². The quantitative estimate of drug-likeness (QED) is 0.520. The summed E-state index contributed by atoms with van der Waals surface area (Å²) in [5.41, 5.74) is 3.38. The average molecular weight is 461 g/mol. The molecule has 0 radical (unpaired) electrons. The van der Waals surface area contributed by atoms with E-state index in [4.69, 9.17) is 9.47 Å². The van der Waals surface area contributed by atoms with E-state index in [1.54, 1.807) is 31.3 Å². The van der Waals surface area contributed by atoms with Crippen molar-refractivity contribution >= 4 is 17.5 Å². The summed E-state index contributed by atoms with van der Waals surface area (Å²) in [5, 5.41) is 2.98. The second kappa shape index (κ2) is 11.4. The number of amides is 2. The Kier molecular flexibility index (Phi) is 8.30. The van der Waals surface area contributed by atoms with Gasteiger partial charge in [-0.25, -0.2) is 0 Å². The fourth-order valence-corrected chi connectivity index (χ4v) is 4.07. The minimum Gasteiger partial charge on any atom is -0.497 e. The third-order valence-electron chi connectivity index (χ3n) is 6.06. The van der Waals surface area contributed by atoms with Crippen molar-refractivity contribution in [3.05, 3.63) is 78.9 Å². The van der Waals surface area contributed by atoms with Gasteiger partial charge in [-0.1, -0.05) is 43.0 Å². The highest BCUT2D eigenvalue weighted by Gasteiger charge is 2.37. The first kappa shape index (κ1) is 24.8. The first-order valence-electron chi connectivity index (χ1n) is 11.3. The van der Waals surface area contributed by atoms with Gasteiger partial charge in [0.1, 0.15) is 11.5 Å². The predicted molar refractivity (Wildman–Crippen MR) is 136 cm³/mol. The van der Waals surface area contributed by atoms with Crippen LogP contribution in [0.4, 0.5) is 5.69 Å². The summed E-state index contributed by atoms with van der Waals surface area (Å²) in [6.07, 6.45) is 7.72. The Balaban J connectivity index is 1.75. The van der Waals surface area contributed by atoms with Crippen LogP contribution >= 0.6 is 0 Å². The molecule has 3 rings (SSSR count). The van der Waals surface area contributed by atoms with E-state index < -0.39 is 5.92 Å². The zero-order valence-corrected chi connectivity index (χ0v) is 20.2. The molecule has 1 aliphatic rings. The number of carbonyl (C=O) groups is 2. The fraction of sp³-hybridized carbons (Fsp3) is 0.286. The van der Waals surface area contributed by atoms with E-state index in [2.05, 4.69) is 11.9 Å². The molecule has 2 aromatic rings. The van der Waals surface area contributed by atoms with Gasteiger partial charge in [0.25, 0.3) is 0 Å². The summed E-state index contributed by atoms with van der Waals surface area (Å²) in [6.45, 7) is 8.12. The van der Waals surface area contributed by atoms with Gasteiger partial charge in [-0.05, 0) is 55.3 Å². The van der Waals surface area contributed by atoms with Gasteiger partial charge in [-0.3, -0.25) is 9.59 Å². The van der Waals surface area contributed by atoms with Crippen LogP contribution in [0.15, 0.2) is 78.9 Å². The Hall–Kier alpha value is -3.80. The van der Waals surface area contributed by atoms with Crippen LogP contribution in [0.3, 0.4) is 0 Å². The molecule has 6 nitrogen and oxygen atoms in total. The van der Waals surface area contributed by atoms with Gasteiger partial charge in [0.15, 0.2) is 0 Å². The van der Waals surface area contributed by atoms with Crippen molar-refractivity contribution in [1.82, 2.24) is 4.90 Å². The highest BCUT2D eigenvalue weighted by Crippen LogP contribution is 2.34. The van der Waals surface area contributed by atoms with Crippen LogP contribution in [0.25, 0.3) is 11.1 Å². The lowest BCUT2D eigenvalue weighted by Gasteiger charge is -2.25. The molecule has 1 aliphatic heterocycles. The smallest absolute Gasteiger partial charge is 0.229 e. The zero-order chi connectivity index (χ0) is 24.7. The standard InChI is InChI=1S/C28H32N2O4/c1-6-8-9-20(7-2)19(3)30-18-22(16-27(30)31)28(32)29-23-12-15-26(34-5)25(17-23)21-10-13-24(33-4)14-11-21/h6-15,17,19,22H,2,16,18H2,1,3-5H3,(H,29,32)/b8-6-,20-9+. The molecule has 2 atom stereocenters. The average Bonchev–Trinajstić information content (AvgIpc) is 3.26. The van der Waals surface area contributed by atoms with E-state index in [1.165, 1.54) is 0 Å². The number of rotatable bonds is 9. The second-order valence-corrected chi connectivity index (χ2v) is 8.15. The Labute approximate surface area is 201 Å². The van der Waals surface area contributed by atoms with Crippen LogP contribution < -0.4 is 14.8 Å². The summed E-state index contributed by atoms with van der Waals surface area (Å²) < 4.78 is 10.8. The molecule has 2 aromatic carbocycles. The molecule has 0 aromatic heterocycles. The van der Waals surface area contributed by atoms with Crippen LogP contribution in [0, 0.1) is 5.92 Å². The molecule has 1 N–H and O–H groups in total. The van der Waals surface area contributed by atoms with Crippen molar-refractivity contribution in [3.63, 3.8) is 0 Å². The van der Waals surface area contributed by atoms with Crippen molar-refractivity contribution < 1.29 is 19.1 Å². The Morgan fingerprint density at radius 1 is 1.18 bits per heavy atom. The fourth-order valence-electron chi connectivity index (χ4n) is 4.07. The molecule has 1 heterocycles. The van der Waals surface area contributed by atoms with Crippen LogP contribution in [-0.2, 0) is 9.59 Å². The van der Waals surface area contributed by atoms with E-state index in [9.17, 15) is 9.59 Å². The normalized spacial score (nSPS) is 17.1. The molecule has 2 amide bonds. The SMILES string of the molecule is C=C/C(=C\C=C/C)C(C)N1CC(C(=O)Nc2ccc(OC)c(-c3ccc(OC)cc3)c2)CC1=O. The molecular formula is C28H32N2O4. The van der Waals surface area contributed by atoms with E-state index in [0.29, 0.717) is 18.0 Å². The predicted octanol–water partition coefficient (Wildman–Crippen LogP) is 5.23. The molecule has 0 bridgehead atoms. The van der Waals surface area contributed by atoms with Crippen LogP contribution in [-0.4, -0.2) is 43.5 Å². The van der Waals surface area contributed by atoms with E-state index in [1.807, 2.05) is 68.5 Å². The molecule has 0 saturated carbocycles. The third-order valence-corrected chi connectivity index (χ3v) is 6.06. The number of allylic oxidation sites excluding steroid dienone is 3.